The zero-order chi connectivity index (χ0) is 20.3. The SMILES string of the molecule is Cc1cccc2c(=O)n(CCC(=O)Nc3cccc(NS(C)(=O)=O)c3)cnc12. The molecular weight excluding hydrogens is 380 g/mol. The molecule has 0 radical (unpaired) electrons. The average Bonchev–Trinajstić information content (AvgIpc) is 2.61. The number of amides is 1. The van der Waals surface area contributed by atoms with Gasteiger partial charge in [-0.05, 0) is 36.8 Å². The van der Waals surface area contributed by atoms with E-state index in [1.165, 1.54) is 17.0 Å². The van der Waals surface area contributed by atoms with E-state index in [0.29, 0.717) is 22.3 Å². The van der Waals surface area contributed by atoms with Crippen molar-refractivity contribution in [2.24, 2.45) is 0 Å². The number of nitrogens with one attached hydrogen (secondary N) is 2. The van der Waals surface area contributed by atoms with E-state index < -0.39 is 10.0 Å². The number of fused-ring (bicyclic) bond motifs is 1. The van der Waals surface area contributed by atoms with Gasteiger partial charge in [0, 0.05) is 18.7 Å². The molecule has 146 valence electrons. The van der Waals surface area contributed by atoms with Crippen LogP contribution in [0.5, 0.6) is 0 Å². The van der Waals surface area contributed by atoms with E-state index in [1.807, 2.05) is 13.0 Å². The molecule has 2 N–H and O–H groups in total. The molecule has 0 unspecified atom stereocenters. The number of sulfonamides is 1. The van der Waals surface area contributed by atoms with Crippen molar-refractivity contribution in [2.75, 3.05) is 16.3 Å². The molecule has 3 rings (SSSR count). The lowest BCUT2D eigenvalue weighted by Crippen LogP contribution is -2.23. The molecule has 0 aliphatic carbocycles. The number of rotatable bonds is 6. The van der Waals surface area contributed by atoms with Crippen LogP contribution in [0, 0.1) is 6.92 Å². The summed E-state index contributed by atoms with van der Waals surface area (Å²) in [7, 11) is -3.40. The maximum Gasteiger partial charge on any atom is 0.261 e. The van der Waals surface area contributed by atoms with Crippen molar-refractivity contribution < 1.29 is 13.2 Å². The van der Waals surface area contributed by atoms with Crippen LogP contribution in [0.1, 0.15) is 12.0 Å². The van der Waals surface area contributed by atoms with E-state index in [9.17, 15) is 18.0 Å². The summed E-state index contributed by atoms with van der Waals surface area (Å²) in [5, 5.41) is 3.21. The van der Waals surface area contributed by atoms with Crippen molar-refractivity contribution in [2.45, 2.75) is 19.9 Å². The van der Waals surface area contributed by atoms with E-state index in [0.717, 1.165) is 11.8 Å². The summed E-state index contributed by atoms with van der Waals surface area (Å²) in [6.07, 6.45) is 2.57. The summed E-state index contributed by atoms with van der Waals surface area (Å²) in [5.74, 6) is -0.298. The van der Waals surface area contributed by atoms with Crippen molar-refractivity contribution in [3.63, 3.8) is 0 Å². The maximum atomic E-state index is 12.6. The van der Waals surface area contributed by atoms with Crippen LogP contribution in [-0.4, -0.2) is 30.1 Å². The Bertz CT molecular complexity index is 1200. The Hall–Kier alpha value is -3.20. The van der Waals surface area contributed by atoms with Crippen molar-refractivity contribution >= 4 is 38.2 Å². The lowest BCUT2D eigenvalue weighted by Gasteiger charge is -2.10. The molecule has 0 aliphatic heterocycles. The second-order valence-electron chi connectivity index (χ2n) is 6.47. The Balaban J connectivity index is 1.68. The minimum absolute atomic E-state index is 0.0721. The highest BCUT2D eigenvalue weighted by atomic mass is 32.2. The lowest BCUT2D eigenvalue weighted by atomic mass is 10.1. The second kappa shape index (κ2) is 7.81. The molecule has 1 amide bonds. The Kier molecular flexibility index (Phi) is 5.46. The van der Waals surface area contributed by atoms with Crippen molar-refractivity contribution in [3.8, 4) is 0 Å². The number of carbonyl (C=O) groups excluding carboxylic acids is 1. The largest absolute Gasteiger partial charge is 0.326 e. The zero-order valence-corrected chi connectivity index (χ0v) is 16.3. The van der Waals surface area contributed by atoms with Gasteiger partial charge in [-0.2, -0.15) is 0 Å². The molecule has 0 saturated heterocycles. The van der Waals surface area contributed by atoms with Gasteiger partial charge in [-0.25, -0.2) is 13.4 Å². The molecule has 0 atom stereocenters. The van der Waals surface area contributed by atoms with Crippen LogP contribution in [0.4, 0.5) is 11.4 Å². The van der Waals surface area contributed by atoms with E-state index in [4.69, 9.17) is 0 Å². The van der Waals surface area contributed by atoms with Crippen LogP contribution in [0.3, 0.4) is 0 Å². The molecule has 8 nitrogen and oxygen atoms in total. The molecule has 28 heavy (non-hydrogen) atoms. The zero-order valence-electron chi connectivity index (χ0n) is 15.5. The van der Waals surface area contributed by atoms with Crippen LogP contribution in [-0.2, 0) is 21.4 Å². The summed E-state index contributed by atoms with van der Waals surface area (Å²) >= 11 is 0. The van der Waals surface area contributed by atoms with Crippen LogP contribution < -0.4 is 15.6 Å². The topological polar surface area (TPSA) is 110 Å². The molecule has 0 bridgehead atoms. The van der Waals surface area contributed by atoms with Gasteiger partial charge in [-0.1, -0.05) is 18.2 Å². The van der Waals surface area contributed by atoms with Crippen LogP contribution in [0.15, 0.2) is 53.6 Å². The number of carbonyl (C=O) groups is 1. The van der Waals surface area contributed by atoms with Gasteiger partial charge >= 0.3 is 0 Å². The third kappa shape index (κ3) is 4.74. The summed E-state index contributed by atoms with van der Waals surface area (Å²) in [6, 6.07) is 11.8. The molecule has 0 saturated carbocycles. The van der Waals surface area contributed by atoms with Gasteiger partial charge in [-0.15, -0.1) is 0 Å². The monoisotopic (exact) mass is 400 g/mol. The number of aryl methyl sites for hydroxylation is 2. The smallest absolute Gasteiger partial charge is 0.261 e. The first-order chi connectivity index (χ1) is 13.2. The van der Waals surface area contributed by atoms with Gasteiger partial charge in [0.2, 0.25) is 15.9 Å². The highest BCUT2D eigenvalue weighted by Crippen LogP contribution is 2.16. The van der Waals surface area contributed by atoms with Crippen molar-refractivity contribution in [3.05, 3.63) is 64.7 Å². The fourth-order valence-corrected chi connectivity index (χ4v) is 3.37. The summed E-state index contributed by atoms with van der Waals surface area (Å²) < 4.78 is 26.4. The highest BCUT2D eigenvalue weighted by Gasteiger charge is 2.09. The minimum atomic E-state index is -3.40. The third-order valence-corrected chi connectivity index (χ3v) is 4.69. The number of hydrogen-bond donors (Lipinski definition) is 2. The molecule has 0 spiro atoms. The fraction of sp³-hybridized carbons (Fsp3) is 0.211. The van der Waals surface area contributed by atoms with E-state index >= 15 is 0 Å². The summed E-state index contributed by atoms with van der Waals surface area (Å²) in [4.78, 5) is 29.1. The van der Waals surface area contributed by atoms with E-state index in [2.05, 4.69) is 15.0 Å². The first-order valence-corrected chi connectivity index (χ1v) is 10.4. The summed E-state index contributed by atoms with van der Waals surface area (Å²) in [6.45, 7) is 2.07. The van der Waals surface area contributed by atoms with Crippen LogP contribution in [0.2, 0.25) is 0 Å². The molecule has 0 fully saturated rings. The van der Waals surface area contributed by atoms with Gasteiger partial charge in [0.05, 0.1) is 29.2 Å². The van der Waals surface area contributed by atoms with Crippen LogP contribution in [0.25, 0.3) is 10.9 Å². The standard InChI is InChI=1S/C19H20N4O4S/c1-13-5-3-8-16-18(13)20-12-23(19(16)25)10-9-17(24)21-14-6-4-7-15(11-14)22-28(2,26)27/h3-8,11-12,22H,9-10H2,1-2H3,(H,21,24). The Morgan fingerprint density at radius 3 is 2.61 bits per heavy atom. The molecule has 2 aromatic carbocycles. The third-order valence-electron chi connectivity index (χ3n) is 4.08. The van der Waals surface area contributed by atoms with Crippen LogP contribution >= 0.6 is 0 Å². The van der Waals surface area contributed by atoms with Crippen molar-refractivity contribution in [1.82, 2.24) is 9.55 Å². The second-order valence-corrected chi connectivity index (χ2v) is 8.22. The predicted molar refractivity (Wildman–Crippen MR) is 109 cm³/mol. The number of para-hydroxylation sites is 1. The molecule has 1 heterocycles. The fourth-order valence-electron chi connectivity index (χ4n) is 2.82. The lowest BCUT2D eigenvalue weighted by molar-refractivity contribution is -0.116. The number of benzene rings is 2. The average molecular weight is 400 g/mol. The minimum Gasteiger partial charge on any atom is -0.326 e. The molecule has 3 aromatic rings. The molecule has 0 aliphatic rings. The Morgan fingerprint density at radius 2 is 1.86 bits per heavy atom. The van der Waals surface area contributed by atoms with E-state index in [1.54, 1.807) is 30.3 Å². The van der Waals surface area contributed by atoms with Gasteiger partial charge in [0.15, 0.2) is 0 Å². The normalized spacial score (nSPS) is 11.4. The Morgan fingerprint density at radius 1 is 1.14 bits per heavy atom. The maximum absolute atomic E-state index is 12.6. The number of nitrogens with zero attached hydrogens (tertiary/aromatic N) is 2. The first-order valence-electron chi connectivity index (χ1n) is 8.55. The quantitative estimate of drug-likeness (QED) is 0.658. The summed E-state index contributed by atoms with van der Waals surface area (Å²) in [5.41, 5.74) is 2.19. The number of hydrogen-bond acceptors (Lipinski definition) is 5. The van der Waals surface area contributed by atoms with E-state index in [-0.39, 0.29) is 24.4 Å². The van der Waals surface area contributed by atoms with Gasteiger partial charge < -0.3 is 5.32 Å². The first kappa shape index (κ1) is 19.6. The molecular formula is C19H20N4O4S. The number of aromatic nitrogens is 2. The van der Waals surface area contributed by atoms with Crippen molar-refractivity contribution in [1.29, 1.82) is 0 Å². The predicted octanol–water partition coefficient (Wildman–Crippen LogP) is 2.11. The Labute approximate surface area is 162 Å². The van der Waals surface area contributed by atoms with Gasteiger partial charge in [-0.3, -0.25) is 18.9 Å². The molecule has 1 aromatic heterocycles. The molecule has 9 heteroatoms. The van der Waals surface area contributed by atoms with Gasteiger partial charge in [0.25, 0.3) is 5.56 Å². The highest BCUT2D eigenvalue weighted by molar-refractivity contribution is 7.92. The number of anilines is 2. The van der Waals surface area contributed by atoms with Gasteiger partial charge in [0.1, 0.15) is 0 Å².